The van der Waals surface area contributed by atoms with Gasteiger partial charge in [-0.05, 0) is 53.7 Å². The Kier molecular flexibility index (Phi) is 6.59. The van der Waals surface area contributed by atoms with Crippen LogP contribution in [0.15, 0.2) is 105 Å². The first kappa shape index (κ1) is 22.5. The van der Waals surface area contributed by atoms with Crippen molar-refractivity contribution in [2.75, 3.05) is 0 Å². The maximum atomic E-state index is 13.4. The van der Waals surface area contributed by atoms with Crippen LogP contribution in [0.25, 0.3) is 17.4 Å². The first-order valence-electron chi connectivity index (χ1n) is 10.5. The second kappa shape index (κ2) is 9.94. The molecule has 4 nitrogen and oxygen atoms in total. The third-order valence-corrected chi connectivity index (χ3v) is 7.00. The largest absolute Gasteiger partial charge is 0.457 e. The van der Waals surface area contributed by atoms with Crippen molar-refractivity contribution in [3.05, 3.63) is 117 Å². The van der Waals surface area contributed by atoms with Gasteiger partial charge in [0.1, 0.15) is 11.5 Å². The molecule has 0 atom stereocenters. The van der Waals surface area contributed by atoms with Crippen LogP contribution in [-0.2, 0) is 11.3 Å². The number of amidine groups is 1. The maximum absolute atomic E-state index is 13.4. The van der Waals surface area contributed by atoms with E-state index < -0.39 is 0 Å². The smallest absolute Gasteiger partial charge is 0.267 e. The molecule has 0 unspecified atom stereocenters. The fourth-order valence-corrected chi connectivity index (χ4v) is 4.88. The van der Waals surface area contributed by atoms with Gasteiger partial charge < -0.3 is 4.42 Å². The molecule has 0 aliphatic carbocycles. The zero-order valence-electron chi connectivity index (χ0n) is 17.8. The number of para-hydroxylation sites is 1. The molecule has 4 aromatic rings. The standard InChI is InChI=1S/C27H18Cl2N2O2S/c28-22-13-7-12-21(25(22)29)23-15-14-20(33-23)16-24-26(32)31(17-18-8-3-1-4-9-18)27(34-24)30-19-10-5-2-6-11-19/h1-16H,17H2/b24-16+,30-27?. The summed E-state index contributed by atoms with van der Waals surface area (Å²) < 4.78 is 5.98. The lowest BCUT2D eigenvalue weighted by Gasteiger charge is -2.15. The summed E-state index contributed by atoms with van der Waals surface area (Å²) >= 11 is 13.8. The molecule has 3 aromatic carbocycles. The van der Waals surface area contributed by atoms with Crippen LogP contribution in [0.2, 0.25) is 10.0 Å². The van der Waals surface area contributed by atoms with E-state index in [4.69, 9.17) is 32.6 Å². The molecular weight excluding hydrogens is 487 g/mol. The summed E-state index contributed by atoms with van der Waals surface area (Å²) in [7, 11) is 0. The predicted molar refractivity (Wildman–Crippen MR) is 140 cm³/mol. The fraction of sp³-hybridized carbons (Fsp3) is 0.0370. The molecule has 34 heavy (non-hydrogen) atoms. The van der Waals surface area contributed by atoms with Crippen LogP contribution >= 0.6 is 35.0 Å². The Morgan fingerprint density at radius 1 is 0.882 bits per heavy atom. The van der Waals surface area contributed by atoms with Gasteiger partial charge >= 0.3 is 0 Å². The van der Waals surface area contributed by atoms with Gasteiger partial charge in [-0.1, -0.05) is 77.8 Å². The summed E-state index contributed by atoms with van der Waals surface area (Å²) in [6.45, 7) is 0.428. The first-order chi connectivity index (χ1) is 16.6. The third kappa shape index (κ3) is 4.82. The highest BCUT2D eigenvalue weighted by molar-refractivity contribution is 8.18. The van der Waals surface area contributed by atoms with Crippen LogP contribution in [0.3, 0.4) is 0 Å². The van der Waals surface area contributed by atoms with Crippen molar-refractivity contribution in [1.82, 2.24) is 4.90 Å². The minimum absolute atomic E-state index is 0.123. The summed E-state index contributed by atoms with van der Waals surface area (Å²) in [4.78, 5) is 20.3. The lowest BCUT2D eigenvalue weighted by atomic mass is 10.2. The van der Waals surface area contributed by atoms with Gasteiger partial charge in [-0.3, -0.25) is 9.69 Å². The third-order valence-electron chi connectivity index (χ3n) is 5.17. The van der Waals surface area contributed by atoms with Crippen LogP contribution in [0.4, 0.5) is 5.69 Å². The van der Waals surface area contributed by atoms with E-state index in [1.54, 1.807) is 23.1 Å². The second-order valence-corrected chi connectivity index (χ2v) is 9.32. The minimum Gasteiger partial charge on any atom is -0.457 e. The number of thioether (sulfide) groups is 1. The van der Waals surface area contributed by atoms with Crippen LogP contribution in [-0.4, -0.2) is 16.0 Å². The highest BCUT2D eigenvalue weighted by Gasteiger charge is 2.33. The Morgan fingerprint density at radius 3 is 2.38 bits per heavy atom. The monoisotopic (exact) mass is 504 g/mol. The van der Waals surface area contributed by atoms with Crippen molar-refractivity contribution in [1.29, 1.82) is 0 Å². The van der Waals surface area contributed by atoms with Crippen LogP contribution in [0, 0.1) is 0 Å². The molecule has 0 spiro atoms. The molecule has 1 fully saturated rings. The summed E-state index contributed by atoms with van der Waals surface area (Å²) in [5.74, 6) is 0.999. The molecule has 1 aromatic heterocycles. The summed E-state index contributed by atoms with van der Waals surface area (Å²) in [6.07, 6.45) is 1.74. The number of rotatable bonds is 5. The van der Waals surface area contributed by atoms with Crippen molar-refractivity contribution >= 4 is 57.8 Å². The van der Waals surface area contributed by atoms with E-state index in [0.29, 0.717) is 43.7 Å². The van der Waals surface area contributed by atoms with Crippen molar-refractivity contribution in [3.8, 4) is 11.3 Å². The number of benzene rings is 3. The van der Waals surface area contributed by atoms with E-state index >= 15 is 0 Å². The number of aliphatic imine (C=N–C) groups is 1. The number of amides is 1. The van der Waals surface area contributed by atoms with Crippen LogP contribution in [0.1, 0.15) is 11.3 Å². The molecule has 0 N–H and O–H groups in total. The number of halogens is 2. The number of furan rings is 1. The second-order valence-electron chi connectivity index (χ2n) is 7.52. The lowest BCUT2D eigenvalue weighted by molar-refractivity contribution is -0.122. The molecule has 5 rings (SSSR count). The van der Waals surface area contributed by atoms with Gasteiger partial charge in [0.2, 0.25) is 0 Å². The minimum atomic E-state index is -0.123. The van der Waals surface area contributed by atoms with Gasteiger partial charge in [0.25, 0.3) is 5.91 Å². The summed E-state index contributed by atoms with van der Waals surface area (Å²) in [5.41, 5.74) is 2.50. The molecule has 2 heterocycles. The van der Waals surface area contributed by atoms with E-state index in [2.05, 4.69) is 0 Å². The first-order valence-corrected chi connectivity index (χ1v) is 12.1. The van der Waals surface area contributed by atoms with Gasteiger partial charge in [-0.25, -0.2) is 4.99 Å². The summed E-state index contributed by atoms with van der Waals surface area (Å²) in [5, 5.41) is 1.50. The quantitative estimate of drug-likeness (QED) is 0.258. The van der Waals surface area contributed by atoms with Crippen molar-refractivity contribution < 1.29 is 9.21 Å². The van der Waals surface area contributed by atoms with Gasteiger partial charge in [0, 0.05) is 11.6 Å². The average Bonchev–Trinajstić information content (AvgIpc) is 3.43. The van der Waals surface area contributed by atoms with E-state index in [1.165, 1.54) is 11.8 Å². The van der Waals surface area contributed by atoms with Gasteiger partial charge in [0.05, 0.1) is 27.2 Å². The highest BCUT2D eigenvalue weighted by Crippen LogP contribution is 2.37. The molecule has 0 radical (unpaired) electrons. The lowest BCUT2D eigenvalue weighted by Crippen LogP contribution is -2.28. The molecular formula is C27H18Cl2N2O2S. The molecule has 168 valence electrons. The van der Waals surface area contributed by atoms with Gasteiger partial charge in [-0.2, -0.15) is 0 Å². The number of carbonyl (C=O) groups is 1. The Balaban J connectivity index is 1.47. The molecule has 1 aliphatic heterocycles. The van der Waals surface area contributed by atoms with Crippen molar-refractivity contribution in [2.24, 2.45) is 4.99 Å². The number of hydrogen-bond acceptors (Lipinski definition) is 4. The molecule has 1 amide bonds. The fourth-order valence-electron chi connectivity index (χ4n) is 3.51. The normalized spacial score (nSPS) is 16.1. The molecule has 0 bridgehead atoms. The SMILES string of the molecule is O=C1/C(=C\c2ccc(-c3cccc(Cl)c3Cl)o2)SC(=Nc2ccccc2)N1Cc1ccccc1. The van der Waals surface area contributed by atoms with Crippen LogP contribution in [0.5, 0.6) is 0 Å². The Bertz CT molecular complexity index is 1400. The Labute approximate surface area is 211 Å². The van der Waals surface area contributed by atoms with Gasteiger partial charge in [0.15, 0.2) is 5.17 Å². The molecule has 0 saturated carbocycles. The van der Waals surface area contributed by atoms with Crippen molar-refractivity contribution in [2.45, 2.75) is 6.54 Å². The van der Waals surface area contributed by atoms with E-state index in [0.717, 1.165) is 11.3 Å². The Morgan fingerprint density at radius 2 is 1.62 bits per heavy atom. The average molecular weight is 505 g/mol. The Hall–Kier alpha value is -3.25. The van der Waals surface area contributed by atoms with Crippen molar-refractivity contribution in [3.63, 3.8) is 0 Å². The van der Waals surface area contributed by atoms with Crippen LogP contribution < -0.4 is 0 Å². The number of carbonyl (C=O) groups excluding carboxylic acids is 1. The molecule has 7 heteroatoms. The van der Waals surface area contributed by atoms with E-state index in [-0.39, 0.29) is 5.91 Å². The molecule has 1 aliphatic rings. The molecule has 1 saturated heterocycles. The number of hydrogen-bond donors (Lipinski definition) is 0. The number of nitrogens with zero attached hydrogens (tertiary/aromatic N) is 2. The summed E-state index contributed by atoms with van der Waals surface area (Å²) in [6, 6.07) is 28.5. The zero-order valence-corrected chi connectivity index (χ0v) is 20.1. The highest BCUT2D eigenvalue weighted by atomic mass is 35.5. The predicted octanol–water partition coefficient (Wildman–Crippen LogP) is 8.06. The van der Waals surface area contributed by atoms with E-state index in [9.17, 15) is 4.79 Å². The zero-order chi connectivity index (χ0) is 23.5. The topological polar surface area (TPSA) is 45.8 Å². The van der Waals surface area contributed by atoms with E-state index in [1.807, 2.05) is 78.9 Å². The maximum Gasteiger partial charge on any atom is 0.267 e. The van der Waals surface area contributed by atoms with Gasteiger partial charge in [-0.15, -0.1) is 0 Å².